The van der Waals surface area contributed by atoms with E-state index in [1.807, 2.05) is 6.07 Å². The maximum absolute atomic E-state index is 14.0. The smallest absolute Gasteiger partial charge is 0.127 e. The molecule has 1 atom stereocenters. The van der Waals surface area contributed by atoms with E-state index < -0.39 is 0 Å². The highest BCUT2D eigenvalue weighted by atomic mass is 35.5. The zero-order valence-corrected chi connectivity index (χ0v) is 12.7. The summed E-state index contributed by atoms with van der Waals surface area (Å²) >= 11 is 5.81. The molecule has 0 saturated heterocycles. The van der Waals surface area contributed by atoms with Gasteiger partial charge in [-0.25, -0.2) is 4.39 Å². The predicted octanol–water partition coefficient (Wildman–Crippen LogP) is 4.44. The standard InChI is InChI=1S/C16H23ClFN/c1-11(2)16(3,10-19-14-6-7-14)9-12-4-5-13(17)8-15(12)18/h4-5,8,11,14,19H,6-7,9-10H2,1-3H3. The van der Waals surface area contributed by atoms with Crippen molar-refractivity contribution in [1.29, 1.82) is 0 Å². The first kappa shape index (κ1) is 14.8. The normalized spacial score (nSPS) is 18.6. The lowest BCUT2D eigenvalue weighted by molar-refractivity contribution is 0.204. The molecule has 1 aliphatic rings. The maximum Gasteiger partial charge on any atom is 0.127 e. The topological polar surface area (TPSA) is 12.0 Å². The number of hydrogen-bond donors (Lipinski definition) is 1. The third-order valence-corrected chi connectivity index (χ3v) is 4.61. The van der Waals surface area contributed by atoms with Gasteiger partial charge < -0.3 is 5.32 Å². The third kappa shape index (κ3) is 3.93. The van der Waals surface area contributed by atoms with Gasteiger partial charge in [0.2, 0.25) is 0 Å². The SMILES string of the molecule is CC(C)C(C)(CNC1CC1)Cc1ccc(Cl)cc1F. The van der Waals surface area contributed by atoms with Crippen molar-refractivity contribution in [3.8, 4) is 0 Å². The molecular formula is C16H23ClFN. The molecule has 2 rings (SSSR count). The van der Waals surface area contributed by atoms with Gasteiger partial charge in [0.1, 0.15) is 5.82 Å². The quantitative estimate of drug-likeness (QED) is 0.814. The first-order valence-corrected chi connectivity index (χ1v) is 7.46. The highest BCUT2D eigenvalue weighted by molar-refractivity contribution is 6.30. The molecule has 1 aromatic carbocycles. The van der Waals surface area contributed by atoms with Crippen LogP contribution in [0.2, 0.25) is 5.02 Å². The van der Waals surface area contributed by atoms with Gasteiger partial charge in [0.05, 0.1) is 0 Å². The first-order valence-electron chi connectivity index (χ1n) is 7.08. The Labute approximate surface area is 120 Å². The van der Waals surface area contributed by atoms with Crippen LogP contribution in [-0.2, 0) is 6.42 Å². The molecule has 0 bridgehead atoms. The number of hydrogen-bond acceptors (Lipinski definition) is 1. The molecule has 0 heterocycles. The van der Waals surface area contributed by atoms with Gasteiger partial charge in [0.15, 0.2) is 0 Å². The monoisotopic (exact) mass is 283 g/mol. The van der Waals surface area contributed by atoms with Crippen LogP contribution in [0.3, 0.4) is 0 Å². The van der Waals surface area contributed by atoms with Crippen LogP contribution in [0.15, 0.2) is 18.2 Å². The van der Waals surface area contributed by atoms with Crippen LogP contribution in [0.4, 0.5) is 4.39 Å². The molecule has 1 fully saturated rings. The molecule has 1 saturated carbocycles. The number of benzene rings is 1. The summed E-state index contributed by atoms with van der Waals surface area (Å²) in [6.45, 7) is 7.60. The highest BCUT2D eigenvalue weighted by Crippen LogP contribution is 2.33. The number of halogens is 2. The lowest BCUT2D eigenvalue weighted by atomic mass is 9.74. The van der Waals surface area contributed by atoms with E-state index in [9.17, 15) is 4.39 Å². The van der Waals surface area contributed by atoms with Crippen molar-refractivity contribution in [3.05, 3.63) is 34.6 Å². The summed E-state index contributed by atoms with van der Waals surface area (Å²) < 4.78 is 14.0. The van der Waals surface area contributed by atoms with E-state index in [1.54, 1.807) is 6.07 Å². The molecule has 0 aliphatic heterocycles. The van der Waals surface area contributed by atoms with Gasteiger partial charge in [0, 0.05) is 17.6 Å². The Morgan fingerprint density at radius 1 is 1.42 bits per heavy atom. The minimum atomic E-state index is -0.189. The van der Waals surface area contributed by atoms with E-state index in [0.717, 1.165) is 18.5 Å². The molecule has 1 N–H and O–H groups in total. The Morgan fingerprint density at radius 3 is 2.63 bits per heavy atom. The zero-order valence-electron chi connectivity index (χ0n) is 12.0. The molecule has 0 amide bonds. The van der Waals surface area contributed by atoms with Crippen LogP contribution in [0.25, 0.3) is 0 Å². The molecule has 1 aromatic rings. The van der Waals surface area contributed by atoms with Gasteiger partial charge >= 0.3 is 0 Å². The van der Waals surface area contributed by atoms with Gasteiger partial charge in [-0.3, -0.25) is 0 Å². The summed E-state index contributed by atoms with van der Waals surface area (Å²) in [5.74, 6) is 0.305. The van der Waals surface area contributed by atoms with E-state index in [1.165, 1.54) is 18.9 Å². The summed E-state index contributed by atoms with van der Waals surface area (Å²) in [7, 11) is 0. The molecule has 3 heteroatoms. The predicted molar refractivity (Wildman–Crippen MR) is 79.1 cm³/mol. The number of nitrogens with one attached hydrogen (secondary N) is 1. The van der Waals surface area contributed by atoms with Crippen LogP contribution in [-0.4, -0.2) is 12.6 Å². The fourth-order valence-corrected chi connectivity index (χ4v) is 2.39. The van der Waals surface area contributed by atoms with Gasteiger partial charge in [-0.05, 0) is 48.3 Å². The second-order valence-corrected chi connectivity index (χ2v) is 6.81. The Hall–Kier alpha value is -0.600. The fourth-order valence-electron chi connectivity index (χ4n) is 2.24. The fraction of sp³-hybridized carbons (Fsp3) is 0.625. The minimum absolute atomic E-state index is 0.0667. The summed E-state index contributed by atoms with van der Waals surface area (Å²) in [5.41, 5.74) is 0.829. The van der Waals surface area contributed by atoms with Crippen molar-refractivity contribution in [2.75, 3.05) is 6.54 Å². The summed E-state index contributed by atoms with van der Waals surface area (Å²) in [6, 6.07) is 5.68. The Bertz CT molecular complexity index is 442. The average molecular weight is 284 g/mol. The van der Waals surface area contributed by atoms with Gasteiger partial charge in [-0.15, -0.1) is 0 Å². The van der Waals surface area contributed by atoms with E-state index in [0.29, 0.717) is 17.0 Å². The Morgan fingerprint density at radius 2 is 2.11 bits per heavy atom. The second-order valence-electron chi connectivity index (χ2n) is 6.38. The van der Waals surface area contributed by atoms with Crippen molar-refractivity contribution >= 4 is 11.6 Å². The van der Waals surface area contributed by atoms with Gasteiger partial charge in [0.25, 0.3) is 0 Å². The highest BCUT2D eigenvalue weighted by Gasteiger charge is 2.32. The van der Waals surface area contributed by atoms with Crippen LogP contribution in [0.5, 0.6) is 0 Å². The molecule has 0 radical (unpaired) electrons. The summed E-state index contributed by atoms with van der Waals surface area (Å²) in [5, 5.41) is 4.04. The van der Waals surface area contributed by atoms with E-state index in [-0.39, 0.29) is 11.2 Å². The van der Waals surface area contributed by atoms with Gasteiger partial charge in [-0.2, -0.15) is 0 Å². The summed E-state index contributed by atoms with van der Waals surface area (Å²) in [6.07, 6.45) is 3.31. The van der Waals surface area contributed by atoms with Crippen molar-refractivity contribution in [2.45, 2.75) is 46.1 Å². The maximum atomic E-state index is 14.0. The number of rotatable bonds is 6. The molecule has 1 aliphatic carbocycles. The molecular weight excluding hydrogens is 261 g/mol. The van der Waals surface area contributed by atoms with Crippen LogP contribution >= 0.6 is 11.6 Å². The van der Waals surface area contributed by atoms with Crippen LogP contribution in [0, 0.1) is 17.2 Å². The van der Waals surface area contributed by atoms with E-state index in [2.05, 4.69) is 26.1 Å². The second kappa shape index (κ2) is 5.80. The Balaban J connectivity index is 2.09. The Kier molecular flexibility index (Phi) is 4.52. The largest absolute Gasteiger partial charge is 0.313 e. The minimum Gasteiger partial charge on any atom is -0.313 e. The van der Waals surface area contributed by atoms with Crippen molar-refractivity contribution in [3.63, 3.8) is 0 Å². The lowest BCUT2D eigenvalue weighted by Crippen LogP contribution is -2.39. The molecule has 106 valence electrons. The van der Waals surface area contributed by atoms with E-state index >= 15 is 0 Å². The lowest BCUT2D eigenvalue weighted by Gasteiger charge is -2.34. The molecule has 0 spiro atoms. The molecule has 19 heavy (non-hydrogen) atoms. The molecule has 1 unspecified atom stereocenters. The van der Waals surface area contributed by atoms with Crippen molar-refractivity contribution in [1.82, 2.24) is 5.32 Å². The third-order valence-electron chi connectivity index (χ3n) is 4.38. The first-order chi connectivity index (χ1) is 8.90. The zero-order chi connectivity index (χ0) is 14.0. The molecule has 0 aromatic heterocycles. The van der Waals surface area contributed by atoms with Gasteiger partial charge in [-0.1, -0.05) is 38.4 Å². The van der Waals surface area contributed by atoms with Crippen molar-refractivity contribution in [2.24, 2.45) is 11.3 Å². The van der Waals surface area contributed by atoms with E-state index in [4.69, 9.17) is 11.6 Å². The summed E-state index contributed by atoms with van der Waals surface area (Å²) in [4.78, 5) is 0. The van der Waals surface area contributed by atoms with Crippen molar-refractivity contribution < 1.29 is 4.39 Å². The van der Waals surface area contributed by atoms with Crippen LogP contribution < -0.4 is 5.32 Å². The van der Waals surface area contributed by atoms with Crippen LogP contribution in [0.1, 0.15) is 39.2 Å². The molecule has 1 nitrogen and oxygen atoms in total. The average Bonchev–Trinajstić information content (AvgIpc) is 3.14.